The van der Waals surface area contributed by atoms with Gasteiger partial charge in [0.2, 0.25) is 0 Å². The first-order chi connectivity index (χ1) is 7.45. The van der Waals surface area contributed by atoms with Gasteiger partial charge in [0, 0.05) is 0 Å². The summed E-state index contributed by atoms with van der Waals surface area (Å²) in [6.07, 6.45) is 0. The Balaban J connectivity index is 2.73. The summed E-state index contributed by atoms with van der Waals surface area (Å²) in [5.41, 5.74) is 0.678. The van der Waals surface area contributed by atoms with Crippen molar-refractivity contribution in [1.82, 2.24) is 10.3 Å². The first kappa shape index (κ1) is 12.6. The number of ether oxygens (including phenoxy) is 1. The number of carbonyl (C=O) groups is 2. The highest BCUT2D eigenvalue weighted by Crippen LogP contribution is 2.16. The molecule has 1 aromatic heterocycles. The number of nitrogens with zero attached hydrogens (tertiary/aromatic N) is 1. The fourth-order valence-electron chi connectivity index (χ4n) is 1.24. The molecule has 0 radical (unpaired) electrons. The molecule has 1 aromatic rings. The van der Waals surface area contributed by atoms with E-state index in [0.29, 0.717) is 10.6 Å². The minimum atomic E-state index is -0.653. The van der Waals surface area contributed by atoms with E-state index in [1.807, 2.05) is 6.92 Å². The highest BCUT2D eigenvalue weighted by molar-refractivity contribution is 7.13. The Morgan fingerprint density at radius 2 is 2.06 bits per heavy atom. The van der Waals surface area contributed by atoms with Gasteiger partial charge < -0.3 is 10.1 Å². The quantitative estimate of drug-likeness (QED) is 0.804. The van der Waals surface area contributed by atoms with Crippen LogP contribution in [0.2, 0.25) is 0 Å². The minimum absolute atomic E-state index is 0.291. The molecule has 0 bridgehead atoms. The van der Waals surface area contributed by atoms with E-state index in [-0.39, 0.29) is 5.91 Å². The van der Waals surface area contributed by atoms with Gasteiger partial charge in [-0.25, -0.2) is 9.78 Å². The SMILES string of the molecule is COC(=O)C(C)NC(=O)c1sc(C)nc1C. The monoisotopic (exact) mass is 242 g/mol. The average molecular weight is 242 g/mol. The van der Waals surface area contributed by atoms with Gasteiger partial charge in [0.15, 0.2) is 0 Å². The fourth-order valence-corrected chi connectivity index (χ4v) is 2.06. The summed E-state index contributed by atoms with van der Waals surface area (Å²) in [5, 5.41) is 3.39. The molecule has 6 heteroatoms. The highest BCUT2D eigenvalue weighted by Gasteiger charge is 2.19. The zero-order valence-corrected chi connectivity index (χ0v) is 10.5. The number of esters is 1. The standard InChI is InChI=1S/C10H14N2O3S/c1-5-8(16-7(3)11-5)9(13)12-6(2)10(14)15-4/h6H,1-4H3,(H,12,13). The molecule has 0 spiro atoms. The maximum atomic E-state index is 11.8. The Hall–Kier alpha value is -1.43. The van der Waals surface area contributed by atoms with Crippen molar-refractivity contribution in [1.29, 1.82) is 0 Å². The number of methoxy groups -OCH3 is 1. The van der Waals surface area contributed by atoms with Crippen LogP contribution in [0.25, 0.3) is 0 Å². The Morgan fingerprint density at radius 3 is 2.50 bits per heavy atom. The summed E-state index contributed by atoms with van der Waals surface area (Å²) in [5.74, 6) is -0.756. The normalized spacial score (nSPS) is 12.0. The van der Waals surface area contributed by atoms with Crippen LogP contribution in [0, 0.1) is 13.8 Å². The van der Waals surface area contributed by atoms with E-state index in [9.17, 15) is 9.59 Å². The van der Waals surface area contributed by atoms with E-state index in [1.165, 1.54) is 18.4 Å². The second kappa shape index (κ2) is 5.07. The van der Waals surface area contributed by atoms with E-state index in [0.717, 1.165) is 5.01 Å². The molecule has 1 heterocycles. The predicted octanol–water partition coefficient (Wildman–Crippen LogP) is 1.05. The van der Waals surface area contributed by atoms with Crippen molar-refractivity contribution in [3.8, 4) is 0 Å². The number of carbonyl (C=O) groups excluding carboxylic acids is 2. The lowest BCUT2D eigenvalue weighted by molar-refractivity contribution is -0.142. The van der Waals surface area contributed by atoms with Crippen molar-refractivity contribution in [2.24, 2.45) is 0 Å². The van der Waals surface area contributed by atoms with Crippen LogP contribution in [0.15, 0.2) is 0 Å². The number of aryl methyl sites for hydroxylation is 2. The lowest BCUT2D eigenvalue weighted by Gasteiger charge is -2.10. The average Bonchev–Trinajstić information content (AvgIpc) is 2.56. The van der Waals surface area contributed by atoms with Gasteiger partial charge in [-0.2, -0.15) is 0 Å². The van der Waals surface area contributed by atoms with Crippen LogP contribution >= 0.6 is 11.3 Å². The molecule has 1 N–H and O–H groups in total. The lowest BCUT2D eigenvalue weighted by Crippen LogP contribution is -2.39. The van der Waals surface area contributed by atoms with Crippen molar-refractivity contribution in [2.45, 2.75) is 26.8 Å². The van der Waals surface area contributed by atoms with Crippen molar-refractivity contribution >= 4 is 23.2 Å². The Bertz CT molecular complexity index is 414. The van der Waals surface area contributed by atoms with Crippen LogP contribution in [0.4, 0.5) is 0 Å². The molecule has 5 nitrogen and oxygen atoms in total. The van der Waals surface area contributed by atoms with E-state index in [1.54, 1.807) is 13.8 Å². The number of nitrogens with one attached hydrogen (secondary N) is 1. The zero-order valence-electron chi connectivity index (χ0n) is 9.66. The molecule has 1 rings (SSSR count). The van der Waals surface area contributed by atoms with Gasteiger partial charge in [-0.1, -0.05) is 0 Å². The van der Waals surface area contributed by atoms with Gasteiger partial charge in [0.1, 0.15) is 10.9 Å². The molecule has 1 atom stereocenters. The van der Waals surface area contributed by atoms with Crippen molar-refractivity contribution < 1.29 is 14.3 Å². The largest absolute Gasteiger partial charge is 0.467 e. The van der Waals surface area contributed by atoms with Gasteiger partial charge in [-0.05, 0) is 20.8 Å². The number of hydrogen-bond acceptors (Lipinski definition) is 5. The molecule has 1 unspecified atom stereocenters. The van der Waals surface area contributed by atoms with Gasteiger partial charge in [-0.15, -0.1) is 11.3 Å². The second-order valence-electron chi connectivity index (χ2n) is 3.37. The van der Waals surface area contributed by atoms with Gasteiger partial charge in [0.05, 0.1) is 17.8 Å². The number of aromatic nitrogens is 1. The Labute approximate surface area is 97.8 Å². The van der Waals surface area contributed by atoms with E-state index < -0.39 is 12.0 Å². The maximum Gasteiger partial charge on any atom is 0.328 e. The summed E-state index contributed by atoms with van der Waals surface area (Å²) in [7, 11) is 1.28. The summed E-state index contributed by atoms with van der Waals surface area (Å²) < 4.78 is 4.52. The number of amides is 1. The molecule has 0 aliphatic heterocycles. The summed E-state index contributed by atoms with van der Waals surface area (Å²) in [6, 6.07) is -0.653. The summed E-state index contributed by atoms with van der Waals surface area (Å²) >= 11 is 1.31. The smallest absolute Gasteiger partial charge is 0.328 e. The first-order valence-electron chi connectivity index (χ1n) is 4.78. The highest BCUT2D eigenvalue weighted by atomic mass is 32.1. The molecular weight excluding hydrogens is 228 g/mol. The third kappa shape index (κ3) is 2.79. The maximum absolute atomic E-state index is 11.8. The van der Waals surface area contributed by atoms with E-state index in [2.05, 4.69) is 15.0 Å². The van der Waals surface area contributed by atoms with E-state index >= 15 is 0 Å². The number of rotatable bonds is 3. The third-order valence-corrected chi connectivity index (χ3v) is 3.08. The van der Waals surface area contributed by atoms with Crippen molar-refractivity contribution in [2.75, 3.05) is 7.11 Å². The molecular formula is C10H14N2O3S. The molecule has 16 heavy (non-hydrogen) atoms. The Kier molecular flexibility index (Phi) is 4.00. The first-order valence-corrected chi connectivity index (χ1v) is 5.60. The number of hydrogen-bond donors (Lipinski definition) is 1. The second-order valence-corrected chi connectivity index (χ2v) is 4.57. The minimum Gasteiger partial charge on any atom is -0.467 e. The topological polar surface area (TPSA) is 68.3 Å². The number of thiazole rings is 1. The molecule has 0 aliphatic rings. The predicted molar refractivity (Wildman–Crippen MR) is 60.5 cm³/mol. The van der Waals surface area contributed by atoms with Crippen LogP contribution in [-0.4, -0.2) is 30.0 Å². The molecule has 0 saturated carbocycles. The lowest BCUT2D eigenvalue weighted by atomic mass is 10.3. The molecule has 0 saturated heterocycles. The summed E-state index contributed by atoms with van der Waals surface area (Å²) in [6.45, 7) is 5.17. The zero-order chi connectivity index (χ0) is 12.3. The van der Waals surface area contributed by atoms with Crippen LogP contribution in [0.3, 0.4) is 0 Å². The molecule has 1 amide bonds. The van der Waals surface area contributed by atoms with Crippen LogP contribution in [0.5, 0.6) is 0 Å². The van der Waals surface area contributed by atoms with Crippen LogP contribution < -0.4 is 5.32 Å². The van der Waals surface area contributed by atoms with Crippen LogP contribution in [-0.2, 0) is 9.53 Å². The Morgan fingerprint density at radius 1 is 1.44 bits per heavy atom. The molecule has 0 aromatic carbocycles. The van der Waals surface area contributed by atoms with Crippen molar-refractivity contribution in [3.63, 3.8) is 0 Å². The molecule has 0 fully saturated rings. The van der Waals surface area contributed by atoms with Gasteiger partial charge >= 0.3 is 5.97 Å². The van der Waals surface area contributed by atoms with Crippen molar-refractivity contribution in [3.05, 3.63) is 15.6 Å². The van der Waals surface area contributed by atoms with Gasteiger partial charge in [0.25, 0.3) is 5.91 Å². The van der Waals surface area contributed by atoms with Crippen LogP contribution in [0.1, 0.15) is 27.3 Å². The molecule has 88 valence electrons. The van der Waals surface area contributed by atoms with E-state index in [4.69, 9.17) is 0 Å². The summed E-state index contributed by atoms with van der Waals surface area (Å²) in [4.78, 5) is 27.6. The van der Waals surface area contributed by atoms with Gasteiger partial charge in [-0.3, -0.25) is 4.79 Å². The fraction of sp³-hybridized carbons (Fsp3) is 0.500. The molecule has 0 aliphatic carbocycles. The third-order valence-electron chi connectivity index (χ3n) is 2.01.